The molecule has 136 valence electrons. The van der Waals surface area contributed by atoms with E-state index < -0.39 is 12.3 Å². The summed E-state index contributed by atoms with van der Waals surface area (Å²) in [5.74, 6) is 0.601. The fraction of sp³-hybridized carbons (Fsp3) is 0.421. The Kier molecular flexibility index (Phi) is 6.36. The molecule has 0 aliphatic carbocycles. The molecule has 0 radical (unpaired) electrons. The standard InChI is InChI=1S/C19H24O6/c1-13(2)17(20)24-12-19(9-22-10-19)11-23-15-5-7-16(8-6-15)25-18(21)14(3)4/h5-8,17,20H,1,3,9-12H2,2,4H3. The van der Waals surface area contributed by atoms with Gasteiger partial charge in [0, 0.05) is 5.57 Å². The molecule has 0 amide bonds. The van der Waals surface area contributed by atoms with Crippen molar-refractivity contribution in [3.63, 3.8) is 0 Å². The molecule has 0 aromatic heterocycles. The Morgan fingerprint density at radius 3 is 2.28 bits per heavy atom. The van der Waals surface area contributed by atoms with Gasteiger partial charge < -0.3 is 24.1 Å². The first kappa shape index (κ1) is 19.2. The van der Waals surface area contributed by atoms with Crippen molar-refractivity contribution in [2.24, 2.45) is 5.41 Å². The van der Waals surface area contributed by atoms with Gasteiger partial charge in [-0.1, -0.05) is 13.2 Å². The molecule has 6 heteroatoms. The number of aliphatic hydroxyl groups is 1. The summed E-state index contributed by atoms with van der Waals surface area (Å²) in [5.41, 5.74) is 0.599. The van der Waals surface area contributed by atoms with Crippen molar-refractivity contribution in [1.82, 2.24) is 0 Å². The van der Waals surface area contributed by atoms with Gasteiger partial charge in [0.25, 0.3) is 0 Å². The number of hydrogen-bond acceptors (Lipinski definition) is 6. The highest BCUT2D eigenvalue weighted by molar-refractivity contribution is 5.88. The fourth-order valence-electron chi connectivity index (χ4n) is 2.03. The lowest BCUT2D eigenvalue weighted by atomic mass is 9.88. The molecule has 1 saturated heterocycles. The average Bonchev–Trinajstić information content (AvgIpc) is 2.54. The summed E-state index contributed by atoms with van der Waals surface area (Å²) in [4.78, 5) is 11.5. The summed E-state index contributed by atoms with van der Waals surface area (Å²) in [5, 5.41) is 9.69. The molecule has 1 heterocycles. The van der Waals surface area contributed by atoms with Crippen LogP contribution in [-0.4, -0.2) is 43.8 Å². The third-order valence-electron chi connectivity index (χ3n) is 3.71. The Hall–Kier alpha value is -2.15. The Labute approximate surface area is 147 Å². The Morgan fingerprint density at radius 1 is 1.20 bits per heavy atom. The number of hydrogen-bond donors (Lipinski definition) is 1. The fourth-order valence-corrected chi connectivity index (χ4v) is 2.03. The molecule has 6 nitrogen and oxygen atoms in total. The van der Waals surface area contributed by atoms with E-state index in [1.54, 1.807) is 38.1 Å². The quantitative estimate of drug-likeness (QED) is 0.243. The zero-order chi connectivity index (χ0) is 18.4. The van der Waals surface area contributed by atoms with Gasteiger partial charge in [-0.15, -0.1) is 0 Å². The van der Waals surface area contributed by atoms with E-state index in [-0.39, 0.29) is 5.41 Å². The van der Waals surface area contributed by atoms with Gasteiger partial charge in [0.1, 0.15) is 18.1 Å². The number of rotatable bonds is 9. The molecule has 1 aromatic carbocycles. The number of aliphatic hydroxyl groups excluding tert-OH is 1. The second-order valence-electron chi connectivity index (χ2n) is 6.43. The zero-order valence-electron chi connectivity index (χ0n) is 14.6. The summed E-state index contributed by atoms with van der Waals surface area (Å²) in [6.07, 6.45) is -0.986. The number of carbonyl (C=O) groups is 1. The summed E-state index contributed by atoms with van der Waals surface area (Å²) in [7, 11) is 0. The molecule has 1 N–H and O–H groups in total. The minimum absolute atomic E-state index is 0.290. The third kappa shape index (κ3) is 5.42. The molecule has 0 bridgehead atoms. The number of benzene rings is 1. The van der Waals surface area contributed by atoms with Gasteiger partial charge in [0.05, 0.1) is 25.2 Å². The first-order valence-electron chi connectivity index (χ1n) is 7.95. The van der Waals surface area contributed by atoms with E-state index in [0.717, 1.165) is 0 Å². The molecule has 1 atom stereocenters. The Bertz CT molecular complexity index is 630. The maximum absolute atomic E-state index is 11.5. The molecule has 0 spiro atoms. The van der Waals surface area contributed by atoms with Crippen LogP contribution in [0.1, 0.15) is 13.8 Å². The molecular weight excluding hydrogens is 324 g/mol. The molecule has 1 fully saturated rings. The topological polar surface area (TPSA) is 74.2 Å². The van der Waals surface area contributed by atoms with E-state index in [4.69, 9.17) is 18.9 Å². The predicted octanol–water partition coefficient (Wildman–Crippen LogP) is 2.47. The highest BCUT2D eigenvalue weighted by atomic mass is 16.6. The first-order valence-corrected chi connectivity index (χ1v) is 7.95. The lowest BCUT2D eigenvalue weighted by molar-refractivity contribution is -0.193. The van der Waals surface area contributed by atoms with Gasteiger partial charge in [-0.25, -0.2) is 4.79 Å². The molecule has 25 heavy (non-hydrogen) atoms. The molecular formula is C19H24O6. The van der Waals surface area contributed by atoms with Crippen LogP contribution in [0.25, 0.3) is 0 Å². The molecule has 1 aliphatic rings. The van der Waals surface area contributed by atoms with Crippen molar-refractivity contribution in [3.8, 4) is 11.5 Å². The van der Waals surface area contributed by atoms with Crippen molar-refractivity contribution < 1.29 is 28.8 Å². The van der Waals surface area contributed by atoms with Crippen molar-refractivity contribution in [2.45, 2.75) is 20.1 Å². The highest BCUT2D eigenvalue weighted by Gasteiger charge is 2.40. The van der Waals surface area contributed by atoms with Crippen LogP contribution in [0.4, 0.5) is 0 Å². The Balaban J connectivity index is 1.86. The maximum Gasteiger partial charge on any atom is 0.338 e. The van der Waals surface area contributed by atoms with Crippen molar-refractivity contribution >= 4 is 5.97 Å². The van der Waals surface area contributed by atoms with Gasteiger partial charge in [-0.3, -0.25) is 0 Å². The lowest BCUT2D eigenvalue weighted by Crippen LogP contribution is -2.51. The van der Waals surface area contributed by atoms with E-state index in [2.05, 4.69) is 13.2 Å². The van der Waals surface area contributed by atoms with Crippen LogP contribution in [0.2, 0.25) is 0 Å². The van der Waals surface area contributed by atoms with E-state index in [0.29, 0.717) is 49.1 Å². The van der Waals surface area contributed by atoms with Crippen LogP contribution in [0, 0.1) is 5.41 Å². The summed E-state index contributed by atoms with van der Waals surface area (Å²) in [6, 6.07) is 6.75. The van der Waals surface area contributed by atoms with Gasteiger partial charge in [-0.05, 0) is 43.7 Å². The summed E-state index contributed by atoms with van der Waals surface area (Å²) in [6.45, 7) is 12.2. The van der Waals surface area contributed by atoms with E-state index >= 15 is 0 Å². The molecule has 1 aromatic rings. The van der Waals surface area contributed by atoms with Crippen LogP contribution < -0.4 is 9.47 Å². The average molecular weight is 348 g/mol. The van der Waals surface area contributed by atoms with Crippen LogP contribution in [0.15, 0.2) is 48.6 Å². The van der Waals surface area contributed by atoms with Crippen molar-refractivity contribution in [3.05, 3.63) is 48.6 Å². The maximum atomic E-state index is 11.5. The second-order valence-corrected chi connectivity index (χ2v) is 6.43. The van der Waals surface area contributed by atoms with Gasteiger partial charge in [-0.2, -0.15) is 0 Å². The molecule has 0 saturated carbocycles. The molecule has 1 aliphatic heterocycles. The lowest BCUT2D eigenvalue weighted by Gasteiger charge is -2.41. The van der Waals surface area contributed by atoms with Crippen LogP contribution in [0.3, 0.4) is 0 Å². The molecule has 1 unspecified atom stereocenters. The summed E-state index contributed by atoms with van der Waals surface area (Å²) >= 11 is 0. The Morgan fingerprint density at radius 2 is 1.80 bits per heavy atom. The monoisotopic (exact) mass is 348 g/mol. The first-order chi connectivity index (χ1) is 11.8. The van der Waals surface area contributed by atoms with E-state index in [1.807, 2.05) is 0 Å². The van der Waals surface area contributed by atoms with Crippen LogP contribution >= 0.6 is 0 Å². The second kappa shape index (κ2) is 8.29. The SMILES string of the molecule is C=C(C)C(=O)Oc1ccc(OCC2(COC(O)C(=C)C)COC2)cc1. The predicted molar refractivity (Wildman–Crippen MR) is 92.4 cm³/mol. The van der Waals surface area contributed by atoms with Gasteiger partial charge in [0.15, 0.2) is 6.29 Å². The summed E-state index contributed by atoms with van der Waals surface area (Å²) < 4.78 is 21.6. The third-order valence-corrected chi connectivity index (χ3v) is 3.71. The number of esters is 1. The smallest absolute Gasteiger partial charge is 0.338 e. The van der Waals surface area contributed by atoms with Crippen molar-refractivity contribution in [1.29, 1.82) is 0 Å². The minimum atomic E-state index is -0.986. The van der Waals surface area contributed by atoms with E-state index in [9.17, 15) is 9.90 Å². The largest absolute Gasteiger partial charge is 0.493 e. The van der Waals surface area contributed by atoms with Gasteiger partial charge in [0.2, 0.25) is 0 Å². The van der Waals surface area contributed by atoms with E-state index in [1.165, 1.54) is 0 Å². The minimum Gasteiger partial charge on any atom is -0.493 e. The number of carbonyl (C=O) groups excluding carboxylic acids is 1. The van der Waals surface area contributed by atoms with Crippen LogP contribution in [-0.2, 0) is 14.3 Å². The van der Waals surface area contributed by atoms with Crippen LogP contribution in [0.5, 0.6) is 11.5 Å². The number of ether oxygens (including phenoxy) is 4. The van der Waals surface area contributed by atoms with Gasteiger partial charge >= 0.3 is 5.97 Å². The molecule has 2 rings (SSSR count). The highest BCUT2D eigenvalue weighted by Crippen LogP contribution is 2.30. The van der Waals surface area contributed by atoms with Crippen molar-refractivity contribution in [2.75, 3.05) is 26.4 Å². The normalized spacial score (nSPS) is 16.4. The zero-order valence-corrected chi connectivity index (χ0v) is 14.6.